The van der Waals surface area contributed by atoms with Crippen LogP contribution in [0.4, 0.5) is 10.0 Å². The second-order valence-electron chi connectivity index (χ2n) is 4.85. The van der Waals surface area contributed by atoms with Crippen LogP contribution in [0.15, 0.2) is 22.6 Å². The van der Waals surface area contributed by atoms with Gasteiger partial charge in [0.2, 0.25) is 0 Å². The Balaban J connectivity index is 2.08. The van der Waals surface area contributed by atoms with E-state index in [4.69, 9.17) is 4.42 Å². The van der Waals surface area contributed by atoms with Crippen LogP contribution in [-0.4, -0.2) is 16.6 Å². The van der Waals surface area contributed by atoms with E-state index in [0.29, 0.717) is 16.3 Å². The zero-order valence-electron chi connectivity index (χ0n) is 11.5. The Bertz CT molecular complexity index is 630. The maximum Gasteiger partial charge on any atom is 0.326 e. The Morgan fingerprint density at radius 3 is 2.70 bits per heavy atom. The summed E-state index contributed by atoms with van der Waals surface area (Å²) in [5, 5.41) is 24.9. The summed E-state index contributed by atoms with van der Waals surface area (Å²) in [7, 11) is 0. The molecule has 0 aliphatic rings. The number of nitrogens with zero attached hydrogens (tertiary/aromatic N) is 1. The molecule has 0 saturated heterocycles. The van der Waals surface area contributed by atoms with Crippen LogP contribution in [0.1, 0.15) is 24.0 Å². The SMILES string of the molecule is Cc1cc(C(C)(O)CNc2ccc([N+](=O)[O-])s2)c(C)o1. The number of anilines is 1. The number of furan rings is 1. The summed E-state index contributed by atoms with van der Waals surface area (Å²) in [6.45, 7) is 5.54. The lowest BCUT2D eigenvalue weighted by atomic mass is 9.96. The van der Waals surface area contributed by atoms with Gasteiger partial charge in [0.1, 0.15) is 17.1 Å². The van der Waals surface area contributed by atoms with Gasteiger partial charge in [-0.25, -0.2) is 0 Å². The van der Waals surface area contributed by atoms with Crippen molar-refractivity contribution in [2.24, 2.45) is 0 Å². The molecule has 2 rings (SSSR count). The predicted octanol–water partition coefficient (Wildman–Crippen LogP) is 3.19. The molecule has 2 heterocycles. The largest absolute Gasteiger partial charge is 0.466 e. The number of aliphatic hydroxyl groups is 1. The molecule has 0 aliphatic carbocycles. The van der Waals surface area contributed by atoms with Gasteiger partial charge in [-0.15, -0.1) is 0 Å². The molecule has 0 amide bonds. The number of nitrogens with one attached hydrogen (secondary N) is 1. The quantitative estimate of drug-likeness (QED) is 0.653. The third kappa shape index (κ3) is 3.00. The van der Waals surface area contributed by atoms with Gasteiger partial charge in [-0.1, -0.05) is 0 Å². The van der Waals surface area contributed by atoms with Gasteiger partial charge in [0.15, 0.2) is 0 Å². The summed E-state index contributed by atoms with van der Waals surface area (Å²) in [6, 6.07) is 4.87. The molecule has 0 saturated carbocycles. The Kier molecular flexibility index (Phi) is 3.82. The predicted molar refractivity (Wildman–Crippen MR) is 77.2 cm³/mol. The third-order valence-corrected chi connectivity index (χ3v) is 3.99. The van der Waals surface area contributed by atoms with Crippen molar-refractivity contribution in [3.05, 3.63) is 45.4 Å². The van der Waals surface area contributed by atoms with Crippen molar-refractivity contribution in [1.82, 2.24) is 0 Å². The van der Waals surface area contributed by atoms with Crippen molar-refractivity contribution in [1.29, 1.82) is 0 Å². The fourth-order valence-electron chi connectivity index (χ4n) is 2.04. The molecule has 0 radical (unpaired) electrons. The molecule has 0 aliphatic heterocycles. The van der Waals surface area contributed by atoms with Crippen LogP contribution in [0.25, 0.3) is 0 Å². The summed E-state index contributed by atoms with van der Waals surface area (Å²) >= 11 is 1.04. The molecule has 20 heavy (non-hydrogen) atoms. The first kappa shape index (κ1) is 14.5. The van der Waals surface area contributed by atoms with Crippen LogP contribution in [-0.2, 0) is 5.60 Å². The van der Waals surface area contributed by atoms with E-state index in [9.17, 15) is 15.2 Å². The highest BCUT2D eigenvalue weighted by Gasteiger charge is 2.27. The standard InChI is InChI=1S/C13H16N2O4S/c1-8-6-10(9(2)19-8)13(3,16)7-14-11-4-5-12(20-11)15(17)18/h4-6,14,16H,7H2,1-3H3. The lowest BCUT2D eigenvalue weighted by molar-refractivity contribution is -0.380. The maximum atomic E-state index is 10.6. The zero-order chi connectivity index (χ0) is 14.9. The summed E-state index contributed by atoms with van der Waals surface area (Å²) in [5.41, 5.74) is -0.394. The van der Waals surface area contributed by atoms with Crippen LogP contribution in [0.3, 0.4) is 0 Å². The van der Waals surface area contributed by atoms with Crippen LogP contribution in [0, 0.1) is 24.0 Å². The lowest BCUT2D eigenvalue weighted by Crippen LogP contribution is -2.30. The molecule has 1 unspecified atom stereocenters. The first-order valence-electron chi connectivity index (χ1n) is 6.07. The van der Waals surface area contributed by atoms with E-state index in [0.717, 1.165) is 17.1 Å². The van der Waals surface area contributed by atoms with Crippen LogP contribution in [0.5, 0.6) is 0 Å². The van der Waals surface area contributed by atoms with Gasteiger partial charge in [0, 0.05) is 18.2 Å². The molecule has 0 aromatic carbocycles. The normalized spacial score (nSPS) is 14.0. The van der Waals surface area contributed by atoms with Gasteiger partial charge in [-0.2, -0.15) is 0 Å². The average Bonchev–Trinajstić information content (AvgIpc) is 2.93. The van der Waals surface area contributed by atoms with Crippen LogP contribution >= 0.6 is 11.3 Å². The first-order chi connectivity index (χ1) is 9.29. The highest BCUT2D eigenvalue weighted by molar-refractivity contribution is 7.19. The van der Waals surface area contributed by atoms with Crippen LogP contribution < -0.4 is 5.32 Å². The Labute approximate surface area is 120 Å². The number of nitro groups is 1. The van der Waals surface area contributed by atoms with E-state index in [1.165, 1.54) is 6.07 Å². The van der Waals surface area contributed by atoms with Crippen molar-refractivity contribution in [3.63, 3.8) is 0 Å². The molecular weight excluding hydrogens is 280 g/mol. The highest BCUT2D eigenvalue weighted by atomic mass is 32.1. The smallest absolute Gasteiger partial charge is 0.326 e. The van der Waals surface area contributed by atoms with E-state index < -0.39 is 10.5 Å². The van der Waals surface area contributed by atoms with E-state index in [2.05, 4.69) is 5.32 Å². The number of hydrogen-bond donors (Lipinski definition) is 2. The van der Waals surface area contributed by atoms with Crippen LogP contribution in [0.2, 0.25) is 0 Å². The maximum absolute atomic E-state index is 10.6. The molecule has 108 valence electrons. The summed E-state index contributed by atoms with van der Waals surface area (Å²) in [6.07, 6.45) is 0. The van der Waals surface area contributed by atoms with Gasteiger partial charge in [-0.3, -0.25) is 10.1 Å². The van der Waals surface area contributed by atoms with E-state index >= 15 is 0 Å². The fraction of sp³-hybridized carbons (Fsp3) is 0.385. The fourth-order valence-corrected chi connectivity index (χ4v) is 2.76. The number of thiophene rings is 1. The second-order valence-corrected chi connectivity index (χ2v) is 5.91. The second kappa shape index (κ2) is 5.26. The summed E-state index contributed by atoms with van der Waals surface area (Å²) in [4.78, 5) is 10.2. The molecule has 2 aromatic rings. The first-order valence-corrected chi connectivity index (χ1v) is 6.89. The van der Waals surface area contributed by atoms with Gasteiger partial charge >= 0.3 is 5.00 Å². The molecule has 7 heteroatoms. The number of aryl methyl sites for hydroxylation is 2. The van der Waals surface area contributed by atoms with Gasteiger partial charge in [0.05, 0.1) is 9.92 Å². The number of hydrogen-bond acceptors (Lipinski definition) is 6. The van der Waals surface area contributed by atoms with Gasteiger partial charge in [0.25, 0.3) is 0 Å². The highest BCUT2D eigenvalue weighted by Crippen LogP contribution is 2.31. The van der Waals surface area contributed by atoms with Crippen molar-refractivity contribution >= 4 is 21.3 Å². The average molecular weight is 296 g/mol. The molecule has 6 nitrogen and oxygen atoms in total. The summed E-state index contributed by atoms with van der Waals surface area (Å²) < 4.78 is 5.41. The molecule has 2 aromatic heterocycles. The Morgan fingerprint density at radius 2 is 2.20 bits per heavy atom. The van der Waals surface area contributed by atoms with E-state index in [-0.39, 0.29) is 11.5 Å². The van der Waals surface area contributed by atoms with E-state index in [1.54, 1.807) is 26.0 Å². The van der Waals surface area contributed by atoms with Gasteiger partial charge in [-0.05, 0) is 44.2 Å². The Morgan fingerprint density at radius 1 is 1.50 bits per heavy atom. The molecule has 1 atom stereocenters. The Hall–Kier alpha value is -1.86. The number of rotatable bonds is 5. The minimum atomic E-state index is -1.11. The summed E-state index contributed by atoms with van der Waals surface area (Å²) in [5.74, 6) is 1.41. The molecular formula is C13H16N2O4S. The third-order valence-electron chi connectivity index (χ3n) is 3.00. The molecule has 0 spiro atoms. The minimum Gasteiger partial charge on any atom is -0.466 e. The van der Waals surface area contributed by atoms with Crippen molar-refractivity contribution < 1.29 is 14.4 Å². The van der Waals surface area contributed by atoms with Crippen molar-refractivity contribution in [2.75, 3.05) is 11.9 Å². The molecule has 0 bridgehead atoms. The van der Waals surface area contributed by atoms with E-state index in [1.807, 2.05) is 6.92 Å². The van der Waals surface area contributed by atoms with Crippen molar-refractivity contribution in [3.8, 4) is 0 Å². The molecule has 0 fully saturated rings. The van der Waals surface area contributed by atoms with Crippen molar-refractivity contribution in [2.45, 2.75) is 26.4 Å². The molecule has 2 N–H and O–H groups in total. The minimum absolute atomic E-state index is 0.0717. The zero-order valence-corrected chi connectivity index (χ0v) is 12.3. The van der Waals surface area contributed by atoms with Gasteiger partial charge < -0.3 is 14.8 Å². The monoisotopic (exact) mass is 296 g/mol. The lowest BCUT2D eigenvalue weighted by Gasteiger charge is -2.23. The topological polar surface area (TPSA) is 88.5 Å².